The van der Waals surface area contributed by atoms with Gasteiger partial charge in [-0.05, 0) is 41.8 Å². The normalized spacial score (nSPS) is 13.9. The van der Waals surface area contributed by atoms with Gasteiger partial charge in [-0.15, -0.1) is 0 Å². The van der Waals surface area contributed by atoms with E-state index in [2.05, 4.69) is 0 Å². The van der Waals surface area contributed by atoms with Gasteiger partial charge in [0.2, 0.25) is 0 Å². The van der Waals surface area contributed by atoms with E-state index in [1.165, 1.54) is 11.0 Å². The van der Waals surface area contributed by atoms with Crippen LogP contribution in [0.15, 0.2) is 36.4 Å². The van der Waals surface area contributed by atoms with Gasteiger partial charge < -0.3 is 10.0 Å². The molecule has 1 aliphatic heterocycles. The third-order valence-electron chi connectivity index (χ3n) is 3.67. The number of fused-ring (bicyclic) bond motifs is 1. The van der Waals surface area contributed by atoms with E-state index < -0.39 is 23.1 Å². The number of carbonyl (C=O) groups is 1. The molecule has 0 atom stereocenters. The Morgan fingerprint density at radius 3 is 2.52 bits per heavy atom. The van der Waals surface area contributed by atoms with E-state index >= 15 is 0 Å². The van der Waals surface area contributed by atoms with Crippen molar-refractivity contribution in [1.82, 2.24) is 4.90 Å². The summed E-state index contributed by atoms with van der Waals surface area (Å²) in [6.07, 6.45) is 0.595. The van der Waals surface area contributed by atoms with Crippen molar-refractivity contribution in [1.29, 1.82) is 0 Å². The van der Waals surface area contributed by atoms with Gasteiger partial charge in [0.05, 0.1) is 0 Å². The van der Waals surface area contributed by atoms with E-state index in [4.69, 9.17) is 0 Å². The lowest BCUT2D eigenvalue weighted by atomic mass is 9.98. The molecule has 5 heteroatoms. The zero-order chi connectivity index (χ0) is 15.0. The summed E-state index contributed by atoms with van der Waals surface area (Å²) in [6, 6.07) is 8.33. The number of phenolic OH excluding ortho intramolecular Hbond substituents is 1. The second-order valence-electron chi connectivity index (χ2n) is 5.03. The van der Waals surface area contributed by atoms with E-state index in [0.717, 1.165) is 23.3 Å². The van der Waals surface area contributed by atoms with Crippen molar-refractivity contribution in [2.24, 2.45) is 0 Å². The number of amides is 1. The summed E-state index contributed by atoms with van der Waals surface area (Å²) >= 11 is 0. The molecule has 0 aromatic heterocycles. The number of hydrogen-bond acceptors (Lipinski definition) is 2. The van der Waals surface area contributed by atoms with Gasteiger partial charge in [-0.3, -0.25) is 4.79 Å². The van der Waals surface area contributed by atoms with Gasteiger partial charge in [-0.1, -0.05) is 12.1 Å². The van der Waals surface area contributed by atoms with E-state index in [9.17, 15) is 18.7 Å². The molecule has 0 fully saturated rings. The van der Waals surface area contributed by atoms with Gasteiger partial charge >= 0.3 is 0 Å². The maximum atomic E-state index is 13.7. The minimum Gasteiger partial charge on any atom is -0.508 e. The first-order chi connectivity index (χ1) is 10.1. The topological polar surface area (TPSA) is 40.5 Å². The summed E-state index contributed by atoms with van der Waals surface area (Å²) in [4.78, 5) is 13.7. The molecular formula is C16H13F2NO2. The maximum absolute atomic E-state index is 13.7. The number of benzene rings is 2. The lowest BCUT2D eigenvalue weighted by molar-refractivity contribution is 0.0724. The van der Waals surface area contributed by atoms with Crippen molar-refractivity contribution in [3.8, 4) is 5.75 Å². The Kier molecular flexibility index (Phi) is 3.33. The van der Waals surface area contributed by atoms with E-state index in [1.54, 1.807) is 18.2 Å². The number of hydrogen-bond donors (Lipinski definition) is 1. The molecule has 3 nitrogen and oxygen atoms in total. The Morgan fingerprint density at radius 1 is 1.10 bits per heavy atom. The largest absolute Gasteiger partial charge is 0.508 e. The highest BCUT2D eigenvalue weighted by Crippen LogP contribution is 2.25. The van der Waals surface area contributed by atoms with Crippen LogP contribution in [0.3, 0.4) is 0 Å². The quantitative estimate of drug-likeness (QED) is 0.877. The van der Waals surface area contributed by atoms with E-state index in [0.29, 0.717) is 13.0 Å². The number of carbonyl (C=O) groups excluding carboxylic acids is 1. The first kappa shape index (κ1) is 13.5. The predicted octanol–water partition coefficient (Wildman–Crippen LogP) is 2.87. The number of phenols is 1. The van der Waals surface area contributed by atoms with Crippen molar-refractivity contribution in [3.63, 3.8) is 0 Å². The van der Waals surface area contributed by atoms with Gasteiger partial charge in [0.1, 0.15) is 22.9 Å². The lowest BCUT2D eigenvalue weighted by Gasteiger charge is -2.29. The third kappa shape index (κ3) is 2.46. The Morgan fingerprint density at radius 2 is 1.81 bits per heavy atom. The van der Waals surface area contributed by atoms with Gasteiger partial charge in [0, 0.05) is 13.1 Å². The second-order valence-corrected chi connectivity index (χ2v) is 5.03. The number of nitrogens with zero attached hydrogens (tertiary/aromatic N) is 1. The molecular weight excluding hydrogens is 276 g/mol. The van der Waals surface area contributed by atoms with E-state index in [-0.39, 0.29) is 12.3 Å². The van der Waals surface area contributed by atoms with Crippen LogP contribution in [-0.4, -0.2) is 22.5 Å². The van der Waals surface area contributed by atoms with Crippen molar-refractivity contribution < 1.29 is 18.7 Å². The van der Waals surface area contributed by atoms with Crippen LogP contribution in [-0.2, 0) is 13.0 Å². The standard InChI is InChI=1S/C16H13F2NO2/c17-13-2-1-3-14(18)15(13)16(21)19-7-6-10-4-5-12(20)8-11(10)9-19/h1-5,8,20H,6-7,9H2. The highest BCUT2D eigenvalue weighted by atomic mass is 19.1. The molecule has 1 heterocycles. The Hall–Kier alpha value is -2.43. The molecule has 108 valence electrons. The Balaban J connectivity index is 1.91. The van der Waals surface area contributed by atoms with Crippen LogP contribution in [0, 0.1) is 11.6 Å². The van der Waals surface area contributed by atoms with Crippen LogP contribution in [0.1, 0.15) is 21.5 Å². The summed E-state index contributed by atoms with van der Waals surface area (Å²) in [5.41, 5.74) is 1.30. The molecule has 0 unspecified atom stereocenters. The fourth-order valence-electron chi connectivity index (χ4n) is 2.58. The predicted molar refractivity (Wildman–Crippen MR) is 72.9 cm³/mol. The first-order valence-electron chi connectivity index (χ1n) is 6.60. The zero-order valence-corrected chi connectivity index (χ0v) is 11.1. The van der Waals surface area contributed by atoms with Gasteiger partial charge in [0.25, 0.3) is 5.91 Å². The fourth-order valence-corrected chi connectivity index (χ4v) is 2.58. The molecule has 2 aromatic carbocycles. The molecule has 0 radical (unpaired) electrons. The van der Waals surface area contributed by atoms with Crippen LogP contribution >= 0.6 is 0 Å². The molecule has 1 amide bonds. The smallest absolute Gasteiger partial charge is 0.260 e. The maximum Gasteiger partial charge on any atom is 0.260 e. The average molecular weight is 289 g/mol. The number of rotatable bonds is 1. The van der Waals surface area contributed by atoms with Crippen LogP contribution in [0.4, 0.5) is 8.78 Å². The van der Waals surface area contributed by atoms with Crippen LogP contribution in [0.2, 0.25) is 0 Å². The van der Waals surface area contributed by atoms with Crippen molar-refractivity contribution >= 4 is 5.91 Å². The van der Waals surface area contributed by atoms with Crippen LogP contribution < -0.4 is 0 Å². The summed E-state index contributed by atoms with van der Waals surface area (Å²) in [5, 5.41) is 9.49. The Bertz CT molecular complexity index is 695. The minimum atomic E-state index is -0.860. The molecule has 1 N–H and O–H groups in total. The number of aromatic hydroxyl groups is 1. The molecule has 0 spiro atoms. The summed E-state index contributed by atoms with van der Waals surface area (Å²) in [5.74, 6) is -2.27. The van der Waals surface area contributed by atoms with Crippen LogP contribution in [0.5, 0.6) is 5.75 Å². The highest BCUT2D eigenvalue weighted by Gasteiger charge is 2.26. The fraction of sp³-hybridized carbons (Fsp3) is 0.188. The molecule has 21 heavy (non-hydrogen) atoms. The minimum absolute atomic E-state index is 0.111. The average Bonchev–Trinajstić information content (AvgIpc) is 2.46. The SMILES string of the molecule is O=C(c1c(F)cccc1F)N1CCc2ccc(O)cc2C1. The van der Waals surface area contributed by atoms with Crippen LogP contribution in [0.25, 0.3) is 0 Å². The molecule has 0 saturated heterocycles. The van der Waals surface area contributed by atoms with Crippen molar-refractivity contribution in [3.05, 3.63) is 64.7 Å². The van der Waals surface area contributed by atoms with Gasteiger partial charge in [0.15, 0.2) is 0 Å². The van der Waals surface area contributed by atoms with E-state index in [1.807, 2.05) is 0 Å². The zero-order valence-electron chi connectivity index (χ0n) is 11.1. The van der Waals surface area contributed by atoms with Gasteiger partial charge in [-0.25, -0.2) is 8.78 Å². The molecule has 2 aromatic rings. The van der Waals surface area contributed by atoms with Crippen molar-refractivity contribution in [2.45, 2.75) is 13.0 Å². The Labute approximate surface area is 120 Å². The molecule has 0 saturated carbocycles. The first-order valence-corrected chi connectivity index (χ1v) is 6.60. The molecule has 0 bridgehead atoms. The molecule has 0 aliphatic carbocycles. The summed E-state index contributed by atoms with van der Waals surface area (Å²) in [7, 11) is 0. The highest BCUT2D eigenvalue weighted by molar-refractivity contribution is 5.94. The molecule has 3 rings (SSSR count). The summed E-state index contributed by atoms with van der Waals surface area (Å²) < 4.78 is 27.4. The second kappa shape index (κ2) is 5.16. The number of halogens is 2. The van der Waals surface area contributed by atoms with Gasteiger partial charge in [-0.2, -0.15) is 0 Å². The monoisotopic (exact) mass is 289 g/mol. The lowest BCUT2D eigenvalue weighted by Crippen LogP contribution is -2.36. The molecule has 1 aliphatic rings. The van der Waals surface area contributed by atoms with Crippen molar-refractivity contribution in [2.75, 3.05) is 6.54 Å². The summed E-state index contributed by atoms with van der Waals surface area (Å²) in [6.45, 7) is 0.626. The third-order valence-corrected chi connectivity index (χ3v) is 3.67.